The minimum Gasteiger partial charge on any atom is -0.434 e. The average Bonchev–Trinajstić information content (AvgIpc) is 2.94. The molecule has 1 N–H and O–H groups in total. The Labute approximate surface area is 150 Å². The third kappa shape index (κ3) is 3.42. The quantitative estimate of drug-likeness (QED) is 0.848. The molecular formula is C17H21FN4O4. The van der Waals surface area contributed by atoms with E-state index in [0.29, 0.717) is 37.4 Å². The molecule has 2 fully saturated rings. The maximum absolute atomic E-state index is 14.7. The molecule has 0 radical (unpaired) electrons. The van der Waals surface area contributed by atoms with Gasteiger partial charge in [-0.15, -0.1) is 0 Å². The number of carbonyl (C=O) groups is 3. The second kappa shape index (κ2) is 7.19. The molecule has 0 saturated carbocycles. The van der Waals surface area contributed by atoms with Crippen LogP contribution in [-0.2, 0) is 14.3 Å². The van der Waals surface area contributed by atoms with Crippen molar-refractivity contribution in [1.82, 2.24) is 10.2 Å². The summed E-state index contributed by atoms with van der Waals surface area (Å²) in [5.41, 5.74) is 0.706. The maximum atomic E-state index is 14.7. The van der Waals surface area contributed by atoms with Crippen molar-refractivity contribution < 1.29 is 23.5 Å². The predicted molar refractivity (Wildman–Crippen MR) is 92.5 cm³/mol. The van der Waals surface area contributed by atoms with E-state index in [-0.39, 0.29) is 12.5 Å². The molecule has 1 aromatic carbocycles. The normalized spacial score (nSPS) is 20.9. The lowest BCUT2D eigenvalue weighted by atomic mass is 10.2. The average molecular weight is 364 g/mol. The number of ether oxygens (including phenoxy) is 1. The fourth-order valence-corrected chi connectivity index (χ4v) is 3.06. The SMILES string of the molecule is CNC(=O)[C@H]1CN(c2ccc(N3CCC(=O)N(C)CC3)c(F)c2)C(=O)O1. The summed E-state index contributed by atoms with van der Waals surface area (Å²) in [6.07, 6.45) is -1.28. The minimum absolute atomic E-state index is 0.0281. The highest BCUT2D eigenvalue weighted by atomic mass is 19.1. The van der Waals surface area contributed by atoms with Crippen LogP contribution in [0.1, 0.15) is 6.42 Å². The molecule has 0 aliphatic carbocycles. The maximum Gasteiger partial charge on any atom is 0.415 e. The summed E-state index contributed by atoms with van der Waals surface area (Å²) in [5.74, 6) is -0.864. The highest BCUT2D eigenvalue weighted by Gasteiger charge is 2.36. The van der Waals surface area contributed by atoms with Crippen molar-refractivity contribution in [3.05, 3.63) is 24.0 Å². The number of nitrogens with zero attached hydrogens (tertiary/aromatic N) is 3. The van der Waals surface area contributed by atoms with E-state index < -0.39 is 23.9 Å². The van der Waals surface area contributed by atoms with Gasteiger partial charge in [-0.3, -0.25) is 14.5 Å². The van der Waals surface area contributed by atoms with Crippen LogP contribution in [0.25, 0.3) is 0 Å². The molecular weight excluding hydrogens is 343 g/mol. The molecule has 8 nitrogen and oxygen atoms in total. The fourth-order valence-electron chi connectivity index (χ4n) is 3.06. The van der Waals surface area contributed by atoms with Gasteiger partial charge in [-0.1, -0.05) is 0 Å². The van der Waals surface area contributed by atoms with Gasteiger partial charge in [0.25, 0.3) is 5.91 Å². The van der Waals surface area contributed by atoms with Gasteiger partial charge in [-0.25, -0.2) is 9.18 Å². The summed E-state index contributed by atoms with van der Waals surface area (Å²) in [7, 11) is 3.18. The summed E-state index contributed by atoms with van der Waals surface area (Å²) in [5, 5.41) is 2.42. The number of rotatable bonds is 3. The highest BCUT2D eigenvalue weighted by molar-refractivity contribution is 5.95. The molecule has 2 saturated heterocycles. The van der Waals surface area contributed by atoms with Crippen molar-refractivity contribution in [2.24, 2.45) is 0 Å². The standard InChI is InChI=1S/C17H21FN4O4/c1-19-16(24)14-10-22(17(25)26-14)11-3-4-13(12(18)9-11)21-6-5-15(23)20(2)7-8-21/h3-4,9,14H,5-8,10H2,1-2H3,(H,19,24)/t14-/m1/s1. The molecule has 1 aromatic rings. The molecule has 0 unspecified atom stereocenters. The van der Waals surface area contributed by atoms with Gasteiger partial charge in [0.05, 0.1) is 17.9 Å². The second-order valence-corrected chi connectivity index (χ2v) is 6.29. The molecule has 0 spiro atoms. The van der Waals surface area contributed by atoms with Crippen LogP contribution in [0.5, 0.6) is 0 Å². The molecule has 3 rings (SSSR count). The number of benzene rings is 1. The molecule has 26 heavy (non-hydrogen) atoms. The van der Waals surface area contributed by atoms with Gasteiger partial charge < -0.3 is 19.9 Å². The van der Waals surface area contributed by atoms with E-state index in [2.05, 4.69) is 5.32 Å². The van der Waals surface area contributed by atoms with E-state index in [1.54, 1.807) is 24.1 Å². The van der Waals surface area contributed by atoms with E-state index >= 15 is 0 Å². The van der Waals surface area contributed by atoms with Crippen LogP contribution in [0, 0.1) is 5.82 Å². The number of cyclic esters (lactones) is 1. The topological polar surface area (TPSA) is 82.2 Å². The Morgan fingerprint density at radius 2 is 2.04 bits per heavy atom. The molecule has 0 bridgehead atoms. The Hall–Kier alpha value is -2.84. The lowest BCUT2D eigenvalue weighted by Gasteiger charge is -2.24. The number of likely N-dealkylation sites (N-methyl/N-ethyl adjacent to an activating group) is 2. The molecule has 2 aliphatic heterocycles. The number of carbonyl (C=O) groups excluding carboxylic acids is 3. The Bertz CT molecular complexity index is 741. The molecule has 140 valence electrons. The van der Waals surface area contributed by atoms with Gasteiger partial charge in [0.1, 0.15) is 5.82 Å². The molecule has 1 atom stereocenters. The van der Waals surface area contributed by atoms with E-state index in [0.717, 1.165) is 0 Å². The van der Waals surface area contributed by atoms with Crippen molar-refractivity contribution in [1.29, 1.82) is 0 Å². The Morgan fingerprint density at radius 1 is 1.27 bits per heavy atom. The Kier molecular flexibility index (Phi) is 4.97. The van der Waals surface area contributed by atoms with E-state index in [1.165, 1.54) is 18.0 Å². The summed E-state index contributed by atoms with van der Waals surface area (Å²) >= 11 is 0. The molecule has 3 amide bonds. The molecule has 2 aliphatic rings. The lowest BCUT2D eigenvalue weighted by molar-refractivity contribution is -0.129. The summed E-state index contributed by atoms with van der Waals surface area (Å²) in [6.45, 7) is 1.51. The van der Waals surface area contributed by atoms with Gasteiger partial charge in [0, 0.05) is 40.2 Å². The van der Waals surface area contributed by atoms with Crippen LogP contribution in [0.3, 0.4) is 0 Å². The molecule has 9 heteroatoms. The smallest absolute Gasteiger partial charge is 0.415 e. The number of hydrogen-bond donors (Lipinski definition) is 1. The first-order valence-electron chi connectivity index (χ1n) is 8.39. The van der Waals surface area contributed by atoms with Crippen LogP contribution < -0.4 is 15.1 Å². The van der Waals surface area contributed by atoms with Crippen LogP contribution >= 0.6 is 0 Å². The van der Waals surface area contributed by atoms with Crippen molar-refractivity contribution in [2.75, 3.05) is 50.1 Å². The van der Waals surface area contributed by atoms with Crippen molar-refractivity contribution >= 4 is 29.3 Å². The molecule has 2 heterocycles. The summed E-state index contributed by atoms with van der Waals surface area (Å²) < 4.78 is 19.7. The van der Waals surface area contributed by atoms with Crippen LogP contribution in [0.2, 0.25) is 0 Å². The van der Waals surface area contributed by atoms with Crippen LogP contribution in [0.4, 0.5) is 20.6 Å². The largest absolute Gasteiger partial charge is 0.434 e. The number of anilines is 2. The number of amides is 3. The number of hydrogen-bond acceptors (Lipinski definition) is 5. The zero-order valence-electron chi connectivity index (χ0n) is 14.7. The third-order valence-corrected chi connectivity index (χ3v) is 4.66. The summed E-state index contributed by atoms with van der Waals surface area (Å²) in [6, 6.07) is 4.45. The zero-order valence-corrected chi connectivity index (χ0v) is 14.7. The van der Waals surface area contributed by atoms with E-state index in [9.17, 15) is 18.8 Å². The van der Waals surface area contributed by atoms with Crippen LogP contribution in [0.15, 0.2) is 18.2 Å². The van der Waals surface area contributed by atoms with Gasteiger partial charge >= 0.3 is 6.09 Å². The lowest BCUT2D eigenvalue weighted by Crippen LogP contribution is -2.35. The van der Waals surface area contributed by atoms with E-state index in [1.807, 2.05) is 4.90 Å². The van der Waals surface area contributed by atoms with Crippen molar-refractivity contribution in [3.8, 4) is 0 Å². The summed E-state index contributed by atoms with van der Waals surface area (Å²) in [4.78, 5) is 40.0. The zero-order chi connectivity index (χ0) is 18.8. The first kappa shape index (κ1) is 18.0. The van der Waals surface area contributed by atoms with Gasteiger partial charge in [-0.2, -0.15) is 0 Å². The second-order valence-electron chi connectivity index (χ2n) is 6.29. The van der Waals surface area contributed by atoms with Gasteiger partial charge in [-0.05, 0) is 18.2 Å². The first-order chi connectivity index (χ1) is 12.4. The van der Waals surface area contributed by atoms with Crippen LogP contribution in [-0.4, -0.2) is 69.2 Å². The minimum atomic E-state index is -0.914. The molecule has 0 aromatic heterocycles. The van der Waals surface area contributed by atoms with Gasteiger partial charge in [0.15, 0.2) is 6.10 Å². The Morgan fingerprint density at radius 3 is 2.73 bits per heavy atom. The fraction of sp³-hybridized carbons (Fsp3) is 0.471. The first-order valence-corrected chi connectivity index (χ1v) is 8.39. The highest BCUT2D eigenvalue weighted by Crippen LogP contribution is 2.28. The van der Waals surface area contributed by atoms with Crippen molar-refractivity contribution in [2.45, 2.75) is 12.5 Å². The predicted octanol–water partition coefficient (Wildman–Crippen LogP) is 0.565. The number of halogens is 1. The van der Waals surface area contributed by atoms with Crippen molar-refractivity contribution in [3.63, 3.8) is 0 Å². The Balaban J connectivity index is 1.77. The third-order valence-electron chi connectivity index (χ3n) is 4.66. The number of nitrogens with one attached hydrogen (secondary N) is 1. The monoisotopic (exact) mass is 364 g/mol. The van der Waals surface area contributed by atoms with E-state index in [4.69, 9.17) is 4.74 Å². The van der Waals surface area contributed by atoms with Gasteiger partial charge in [0.2, 0.25) is 5.91 Å².